The van der Waals surface area contributed by atoms with Gasteiger partial charge in [-0.25, -0.2) is 0 Å². The Kier molecular flexibility index (Phi) is 6.49. The van der Waals surface area contributed by atoms with Gasteiger partial charge in [0.15, 0.2) is 5.78 Å². The van der Waals surface area contributed by atoms with Crippen molar-refractivity contribution in [1.29, 1.82) is 0 Å². The Bertz CT molecular complexity index is 864. The van der Waals surface area contributed by atoms with Gasteiger partial charge in [0.05, 0.1) is 11.7 Å². The Morgan fingerprint density at radius 2 is 1.97 bits per heavy atom. The summed E-state index contributed by atoms with van der Waals surface area (Å²) in [4.78, 5) is 37.7. The molecule has 154 valence electrons. The average molecular weight is 415 g/mol. The zero-order valence-corrected chi connectivity index (χ0v) is 17.6. The molecule has 1 aliphatic heterocycles. The molecule has 3 rings (SSSR count). The van der Waals surface area contributed by atoms with E-state index in [0.717, 1.165) is 5.56 Å². The van der Waals surface area contributed by atoms with E-state index in [1.807, 2.05) is 49.6 Å². The van der Waals surface area contributed by atoms with Crippen LogP contribution in [0.25, 0.3) is 0 Å². The molecule has 1 aromatic heterocycles. The van der Waals surface area contributed by atoms with Gasteiger partial charge in [0.1, 0.15) is 18.7 Å². The zero-order valence-electron chi connectivity index (χ0n) is 16.8. The topological polar surface area (TPSA) is 84.5 Å². The number of ketones is 1. The van der Waals surface area contributed by atoms with Crippen molar-refractivity contribution in [3.8, 4) is 0 Å². The lowest BCUT2D eigenvalue weighted by Gasteiger charge is -2.31. The molecular formula is C22H26N2O4S. The summed E-state index contributed by atoms with van der Waals surface area (Å²) < 4.78 is 5.32. The fraction of sp³-hybridized carbons (Fsp3) is 0.409. The van der Waals surface area contributed by atoms with E-state index in [1.165, 1.54) is 11.3 Å². The highest BCUT2D eigenvalue weighted by Gasteiger charge is 2.37. The summed E-state index contributed by atoms with van der Waals surface area (Å²) >= 11 is 1.42. The number of rotatable bonds is 7. The minimum absolute atomic E-state index is 0.00640. The molecule has 7 heteroatoms. The van der Waals surface area contributed by atoms with Crippen LogP contribution in [0.1, 0.15) is 43.1 Å². The van der Waals surface area contributed by atoms with Crippen molar-refractivity contribution in [2.24, 2.45) is 0 Å². The summed E-state index contributed by atoms with van der Waals surface area (Å²) in [5, 5.41) is 9.18. The second kappa shape index (κ2) is 8.88. The monoisotopic (exact) mass is 414 g/mol. The number of nitrogens with one attached hydrogen (secondary N) is 2. The zero-order chi connectivity index (χ0) is 21.0. The van der Waals surface area contributed by atoms with Crippen molar-refractivity contribution in [3.05, 3.63) is 58.3 Å². The predicted molar refractivity (Wildman–Crippen MR) is 112 cm³/mol. The fourth-order valence-corrected chi connectivity index (χ4v) is 4.11. The van der Waals surface area contributed by atoms with Gasteiger partial charge in [0.2, 0.25) is 5.91 Å². The van der Waals surface area contributed by atoms with E-state index in [1.54, 1.807) is 18.4 Å². The molecule has 0 saturated carbocycles. The number of carbonyl (C=O) groups excluding carboxylic acids is 3. The maximum Gasteiger partial charge on any atom is 0.252 e. The van der Waals surface area contributed by atoms with Gasteiger partial charge in [-0.3, -0.25) is 14.4 Å². The fourth-order valence-electron chi connectivity index (χ4n) is 3.48. The van der Waals surface area contributed by atoms with Gasteiger partial charge in [-0.2, -0.15) is 11.3 Å². The average Bonchev–Trinajstić information content (AvgIpc) is 3.34. The van der Waals surface area contributed by atoms with Crippen molar-refractivity contribution in [2.75, 3.05) is 6.61 Å². The Labute approximate surface area is 174 Å². The molecule has 0 radical (unpaired) electrons. The van der Waals surface area contributed by atoms with Crippen molar-refractivity contribution < 1.29 is 19.1 Å². The van der Waals surface area contributed by atoms with Crippen LogP contribution >= 0.6 is 11.3 Å². The van der Waals surface area contributed by atoms with Crippen molar-refractivity contribution >= 4 is 28.9 Å². The Hall–Kier alpha value is -2.51. The normalized spacial score (nSPS) is 20.3. The molecule has 29 heavy (non-hydrogen) atoms. The van der Waals surface area contributed by atoms with E-state index in [0.29, 0.717) is 12.0 Å². The number of hydrogen-bond acceptors (Lipinski definition) is 5. The van der Waals surface area contributed by atoms with E-state index in [9.17, 15) is 14.4 Å². The standard InChI is InChI=1S/C22H26N2O4S/c1-14-19(18(25)12-28-14)24-21(27)17(23-20(26)15-9-10-29-13-15)11-22(2,3)16-7-5-4-6-8-16/h4-10,13-14,17,19H,11-12H2,1-3H3,(H,23,26)(H,24,27)/t14-,17-,19-/m0/s1. The molecule has 2 N–H and O–H groups in total. The molecule has 0 spiro atoms. The quantitative estimate of drug-likeness (QED) is 0.730. The maximum atomic E-state index is 13.1. The summed E-state index contributed by atoms with van der Waals surface area (Å²) in [6.07, 6.45) is -0.00341. The molecule has 6 nitrogen and oxygen atoms in total. The lowest BCUT2D eigenvalue weighted by atomic mass is 9.79. The highest BCUT2D eigenvalue weighted by Crippen LogP contribution is 2.28. The second-order valence-corrected chi connectivity index (χ2v) is 8.74. The number of ether oxygens (including phenoxy) is 1. The number of amides is 2. The maximum absolute atomic E-state index is 13.1. The minimum Gasteiger partial charge on any atom is -0.368 e. The van der Waals surface area contributed by atoms with E-state index in [-0.39, 0.29) is 35.7 Å². The van der Waals surface area contributed by atoms with E-state index < -0.39 is 12.1 Å². The number of Topliss-reactive ketones (excluding diaryl/α,β-unsaturated/α-hetero) is 1. The van der Waals surface area contributed by atoms with Crippen LogP contribution in [-0.4, -0.2) is 42.4 Å². The summed E-state index contributed by atoms with van der Waals surface area (Å²) in [5.41, 5.74) is 1.21. The van der Waals surface area contributed by atoms with Gasteiger partial charge in [-0.1, -0.05) is 44.2 Å². The van der Waals surface area contributed by atoms with E-state index in [2.05, 4.69) is 10.6 Å². The smallest absolute Gasteiger partial charge is 0.252 e. The number of carbonyl (C=O) groups is 3. The molecule has 0 unspecified atom stereocenters. The van der Waals surface area contributed by atoms with Gasteiger partial charge in [-0.05, 0) is 35.8 Å². The van der Waals surface area contributed by atoms with Crippen LogP contribution in [0.2, 0.25) is 0 Å². The van der Waals surface area contributed by atoms with Crippen LogP contribution in [0.15, 0.2) is 47.2 Å². The SMILES string of the molecule is C[C@@H]1OCC(=O)[C@H]1NC(=O)[C@H](CC(C)(C)c1ccccc1)NC(=O)c1ccsc1. The lowest BCUT2D eigenvalue weighted by molar-refractivity contribution is -0.127. The van der Waals surface area contributed by atoms with E-state index >= 15 is 0 Å². The van der Waals surface area contributed by atoms with Crippen LogP contribution in [0.5, 0.6) is 0 Å². The molecule has 0 aliphatic carbocycles. The summed E-state index contributed by atoms with van der Waals surface area (Å²) in [7, 11) is 0. The largest absolute Gasteiger partial charge is 0.368 e. The number of thiophene rings is 1. The van der Waals surface area contributed by atoms with Crippen LogP contribution in [-0.2, 0) is 19.7 Å². The molecule has 0 bridgehead atoms. The molecule has 1 fully saturated rings. The molecule has 2 heterocycles. The van der Waals surface area contributed by atoms with Crippen LogP contribution in [0.3, 0.4) is 0 Å². The molecule has 2 amide bonds. The summed E-state index contributed by atoms with van der Waals surface area (Å²) in [6.45, 7) is 5.81. The number of benzene rings is 1. The lowest BCUT2D eigenvalue weighted by Crippen LogP contribution is -2.54. The van der Waals surface area contributed by atoms with Crippen molar-refractivity contribution in [3.63, 3.8) is 0 Å². The first-order valence-electron chi connectivity index (χ1n) is 9.61. The molecule has 2 aromatic rings. The molecular weight excluding hydrogens is 388 g/mol. The summed E-state index contributed by atoms with van der Waals surface area (Å²) in [5.74, 6) is -0.846. The molecule has 1 saturated heterocycles. The molecule has 1 aromatic carbocycles. The minimum atomic E-state index is -0.793. The summed E-state index contributed by atoms with van der Waals surface area (Å²) in [6, 6.07) is 10.1. The molecule has 1 aliphatic rings. The Morgan fingerprint density at radius 3 is 2.55 bits per heavy atom. The third-order valence-corrected chi connectivity index (χ3v) is 5.96. The van der Waals surface area contributed by atoms with Crippen molar-refractivity contribution in [1.82, 2.24) is 10.6 Å². The highest BCUT2D eigenvalue weighted by atomic mass is 32.1. The van der Waals surface area contributed by atoms with Gasteiger partial charge in [0, 0.05) is 5.38 Å². The first-order valence-corrected chi connectivity index (χ1v) is 10.6. The molecule has 3 atom stereocenters. The van der Waals surface area contributed by atoms with Gasteiger partial charge < -0.3 is 15.4 Å². The highest BCUT2D eigenvalue weighted by molar-refractivity contribution is 7.08. The van der Waals surface area contributed by atoms with Gasteiger partial charge in [-0.15, -0.1) is 0 Å². The first-order chi connectivity index (χ1) is 13.8. The predicted octanol–water partition coefficient (Wildman–Crippen LogP) is 2.69. The second-order valence-electron chi connectivity index (χ2n) is 7.96. The third kappa shape index (κ3) is 5.10. The number of hydrogen-bond donors (Lipinski definition) is 2. The Morgan fingerprint density at radius 1 is 1.24 bits per heavy atom. The van der Waals surface area contributed by atoms with E-state index in [4.69, 9.17) is 4.74 Å². The van der Waals surface area contributed by atoms with Crippen molar-refractivity contribution in [2.45, 2.75) is 50.8 Å². The van der Waals surface area contributed by atoms with Gasteiger partial charge >= 0.3 is 0 Å². The van der Waals surface area contributed by atoms with Crippen LogP contribution in [0.4, 0.5) is 0 Å². The third-order valence-electron chi connectivity index (χ3n) is 5.28. The Balaban J connectivity index is 1.79. The van der Waals surface area contributed by atoms with Crippen LogP contribution < -0.4 is 10.6 Å². The van der Waals surface area contributed by atoms with Gasteiger partial charge in [0.25, 0.3) is 5.91 Å². The first kappa shape index (κ1) is 21.2. The van der Waals surface area contributed by atoms with Crippen LogP contribution in [0, 0.1) is 0 Å².